The molecule has 0 spiro atoms. The van der Waals surface area contributed by atoms with Crippen molar-refractivity contribution in [1.29, 1.82) is 0 Å². The highest BCUT2D eigenvalue weighted by molar-refractivity contribution is 6.03. The summed E-state index contributed by atoms with van der Waals surface area (Å²) in [5.74, 6) is -1.96. The fourth-order valence-corrected chi connectivity index (χ4v) is 3.23. The minimum absolute atomic E-state index is 0.0446. The van der Waals surface area contributed by atoms with E-state index in [1.54, 1.807) is 0 Å². The molecule has 1 saturated heterocycles. The molecule has 1 N–H and O–H groups in total. The summed E-state index contributed by atoms with van der Waals surface area (Å²) in [7, 11) is 0. The first kappa shape index (κ1) is 18.8. The Morgan fingerprint density at radius 1 is 0.862 bits per heavy atom. The second-order valence-electron chi connectivity index (χ2n) is 6.60. The molecule has 4 rings (SSSR count). The van der Waals surface area contributed by atoms with Crippen LogP contribution in [0.25, 0.3) is 0 Å². The Kier molecular flexibility index (Phi) is 5.33. The average Bonchev–Trinajstić information content (AvgIpc) is 2.77. The topological polar surface area (TPSA) is 61.4 Å². The van der Waals surface area contributed by atoms with Gasteiger partial charge < -0.3 is 15.1 Å². The third kappa shape index (κ3) is 4.16. The third-order valence-electron chi connectivity index (χ3n) is 4.76. The highest BCUT2D eigenvalue weighted by Crippen LogP contribution is 2.20. The largest absolute Gasteiger partial charge is 0.368 e. The number of hydrogen-bond donors (Lipinski definition) is 1. The van der Waals surface area contributed by atoms with Crippen LogP contribution in [0.1, 0.15) is 10.5 Å². The fraction of sp³-hybridized carbons (Fsp3) is 0.190. The van der Waals surface area contributed by atoms with Gasteiger partial charge in [0.1, 0.15) is 23.0 Å². The number of benzene rings is 2. The minimum atomic E-state index is -0.843. The van der Waals surface area contributed by atoms with Crippen molar-refractivity contribution >= 4 is 23.2 Å². The standard InChI is InChI=1S/C21H19F2N5O/c22-16-7-4-8-17(23)19(16)26-20(29)18-9-10-24-21(25-18)28-13-11-27(12-14-28)15-5-2-1-3-6-15/h1-10H,11-14H2,(H,26,29). The number of halogens is 2. The second kappa shape index (κ2) is 8.22. The molecule has 2 heterocycles. The summed E-state index contributed by atoms with van der Waals surface area (Å²) in [5, 5.41) is 2.25. The van der Waals surface area contributed by atoms with E-state index in [0.717, 1.165) is 30.9 Å². The van der Waals surface area contributed by atoms with Crippen molar-refractivity contribution in [1.82, 2.24) is 9.97 Å². The van der Waals surface area contributed by atoms with E-state index < -0.39 is 23.2 Å². The minimum Gasteiger partial charge on any atom is -0.368 e. The maximum absolute atomic E-state index is 13.8. The van der Waals surface area contributed by atoms with Gasteiger partial charge in [-0.25, -0.2) is 18.7 Å². The van der Waals surface area contributed by atoms with Gasteiger partial charge in [0.25, 0.3) is 5.91 Å². The SMILES string of the molecule is O=C(Nc1c(F)cccc1F)c1ccnc(N2CCN(c3ccccc3)CC2)n1. The van der Waals surface area contributed by atoms with Gasteiger partial charge in [-0.2, -0.15) is 0 Å². The number of anilines is 3. The highest BCUT2D eigenvalue weighted by Gasteiger charge is 2.21. The monoisotopic (exact) mass is 395 g/mol. The molecule has 0 bridgehead atoms. The van der Waals surface area contributed by atoms with Gasteiger partial charge >= 0.3 is 0 Å². The van der Waals surface area contributed by atoms with Crippen LogP contribution in [0.4, 0.5) is 26.1 Å². The summed E-state index contributed by atoms with van der Waals surface area (Å²) < 4.78 is 27.5. The predicted molar refractivity (Wildman–Crippen MR) is 107 cm³/mol. The first-order chi connectivity index (χ1) is 14.1. The predicted octanol–water partition coefficient (Wildman–Crippen LogP) is 3.33. The quantitative estimate of drug-likeness (QED) is 0.734. The van der Waals surface area contributed by atoms with Crippen LogP contribution in [-0.4, -0.2) is 42.1 Å². The number of piperazine rings is 1. The smallest absolute Gasteiger partial charge is 0.274 e. The number of carbonyl (C=O) groups is 1. The number of aromatic nitrogens is 2. The highest BCUT2D eigenvalue weighted by atomic mass is 19.1. The van der Waals surface area contributed by atoms with Crippen LogP contribution in [0.15, 0.2) is 60.8 Å². The zero-order chi connectivity index (χ0) is 20.2. The lowest BCUT2D eigenvalue weighted by atomic mass is 10.2. The van der Waals surface area contributed by atoms with Gasteiger partial charge in [0.15, 0.2) is 0 Å². The summed E-state index contributed by atoms with van der Waals surface area (Å²) in [5.41, 5.74) is 0.713. The van der Waals surface area contributed by atoms with Gasteiger partial charge in [0.2, 0.25) is 5.95 Å². The molecular weight excluding hydrogens is 376 g/mol. The summed E-state index contributed by atoms with van der Waals surface area (Å²) in [4.78, 5) is 25.2. The lowest BCUT2D eigenvalue weighted by molar-refractivity contribution is 0.102. The molecule has 2 aromatic carbocycles. The second-order valence-corrected chi connectivity index (χ2v) is 6.60. The van der Waals surface area contributed by atoms with Crippen molar-refractivity contribution < 1.29 is 13.6 Å². The zero-order valence-electron chi connectivity index (χ0n) is 15.6. The Morgan fingerprint density at radius 3 is 2.21 bits per heavy atom. The molecule has 8 heteroatoms. The molecule has 6 nitrogen and oxygen atoms in total. The van der Waals surface area contributed by atoms with Crippen molar-refractivity contribution in [3.05, 3.63) is 78.1 Å². The van der Waals surface area contributed by atoms with E-state index in [4.69, 9.17) is 0 Å². The van der Waals surface area contributed by atoms with Crippen LogP contribution in [0.2, 0.25) is 0 Å². The molecule has 0 saturated carbocycles. The van der Waals surface area contributed by atoms with E-state index in [-0.39, 0.29) is 5.69 Å². The van der Waals surface area contributed by atoms with E-state index in [1.165, 1.54) is 18.3 Å². The average molecular weight is 395 g/mol. The van der Waals surface area contributed by atoms with Gasteiger partial charge in [-0.3, -0.25) is 4.79 Å². The van der Waals surface area contributed by atoms with Crippen LogP contribution >= 0.6 is 0 Å². The van der Waals surface area contributed by atoms with Crippen LogP contribution < -0.4 is 15.1 Å². The maximum atomic E-state index is 13.8. The number of nitrogens with one attached hydrogen (secondary N) is 1. The van der Waals surface area contributed by atoms with Gasteiger partial charge in [-0.05, 0) is 30.3 Å². The molecule has 0 unspecified atom stereocenters. The van der Waals surface area contributed by atoms with E-state index in [1.807, 2.05) is 23.1 Å². The van der Waals surface area contributed by atoms with Gasteiger partial charge in [0.05, 0.1) is 0 Å². The number of rotatable bonds is 4. The molecule has 29 heavy (non-hydrogen) atoms. The lowest BCUT2D eigenvalue weighted by Crippen LogP contribution is -2.47. The van der Waals surface area contributed by atoms with Crippen molar-refractivity contribution in [3.63, 3.8) is 0 Å². The van der Waals surface area contributed by atoms with Crippen molar-refractivity contribution in [3.8, 4) is 0 Å². The van der Waals surface area contributed by atoms with Crippen molar-refractivity contribution in [2.45, 2.75) is 0 Å². The first-order valence-corrected chi connectivity index (χ1v) is 9.25. The molecule has 1 aliphatic rings. The van der Waals surface area contributed by atoms with Gasteiger partial charge in [0, 0.05) is 38.1 Å². The Bertz CT molecular complexity index is 987. The normalized spacial score (nSPS) is 14.0. The van der Waals surface area contributed by atoms with Crippen LogP contribution in [0.5, 0.6) is 0 Å². The van der Waals surface area contributed by atoms with Crippen molar-refractivity contribution in [2.24, 2.45) is 0 Å². The molecule has 1 amide bonds. The van der Waals surface area contributed by atoms with E-state index >= 15 is 0 Å². The fourth-order valence-electron chi connectivity index (χ4n) is 3.23. The molecule has 0 atom stereocenters. The Balaban J connectivity index is 1.44. The number of nitrogens with zero attached hydrogens (tertiary/aromatic N) is 4. The number of para-hydroxylation sites is 2. The molecule has 0 aliphatic carbocycles. The first-order valence-electron chi connectivity index (χ1n) is 9.25. The van der Waals surface area contributed by atoms with E-state index in [9.17, 15) is 13.6 Å². The third-order valence-corrected chi connectivity index (χ3v) is 4.76. The Hall–Kier alpha value is -3.55. The molecule has 1 fully saturated rings. The van der Waals surface area contributed by atoms with Crippen LogP contribution in [0, 0.1) is 11.6 Å². The maximum Gasteiger partial charge on any atom is 0.274 e. The lowest BCUT2D eigenvalue weighted by Gasteiger charge is -2.36. The molecular formula is C21H19F2N5O. The molecule has 3 aromatic rings. The molecule has 0 radical (unpaired) electrons. The Labute approximate surface area is 166 Å². The van der Waals surface area contributed by atoms with Gasteiger partial charge in [-0.1, -0.05) is 24.3 Å². The summed E-state index contributed by atoms with van der Waals surface area (Å²) in [6, 6.07) is 14.9. The number of carbonyl (C=O) groups excluding carboxylic acids is 1. The molecule has 148 valence electrons. The van der Waals surface area contributed by atoms with E-state index in [2.05, 4.69) is 32.3 Å². The zero-order valence-corrected chi connectivity index (χ0v) is 15.6. The Morgan fingerprint density at radius 2 is 1.52 bits per heavy atom. The van der Waals surface area contributed by atoms with Crippen molar-refractivity contribution in [2.75, 3.05) is 41.3 Å². The number of amides is 1. The number of hydrogen-bond acceptors (Lipinski definition) is 5. The van der Waals surface area contributed by atoms with Crippen LogP contribution in [0.3, 0.4) is 0 Å². The van der Waals surface area contributed by atoms with Crippen LogP contribution in [-0.2, 0) is 0 Å². The van der Waals surface area contributed by atoms with Gasteiger partial charge in [-0.15, -0.1) is 0 Å². The molecule has 1 aliphatic heterocycles. The summed E-state index contributed by atoms with van der Waals surface area (Å²) >= 11 is 0. The summed E-state index contributed by atoms with van der Waals surface area (Å²) in [6.07, 6.45) is 1.47. The van der Waals surface area contributed by atoms with E-state index in [0.29, 0.717) is 19.0 Å². The molecule has 1 aromatic heterocycles. The summed E-state index contributed by atoms with van der Waals surface area (Å²) in [6.45, 7) is 2.98.